The van der Waals surface area contributed by atoms with Crippen LogP contribution in [0.25, 0.3) is 0 Å². The van der Waals surface area contributed by atoms with Crippen LogP contribution in [-0.2, 0) is 9.47 Å². The zero-order chi connectivity index (χ0) is 8.10. The molecule has 0 radical (unpaired) electrons. The maximum atomic E-state index is 5.18. The third-order valence-electron chi connectivity index (χ3n) is 1.37. The van der Waals surface area contributed by atoms with E-state index in [1.807, 2.05) is 38.2 Å². The van der Waals surface area contributed by atoms with E-state index in [-0.39, 0.29) is 0 Å². The van der Waals surface area contributed by atoms with Gasteiger partial charge in [0.15, 0.2) is 11.5 Å². The predicted octanol–water partition coefficient (Wildman–Crippen LogP) is 2.35. The first kappa shape index (κ1) is 7.92. The maximum absolute atomic E-state index is 5.18. The van der Waals surface area contributed by atoms with Gasteiger partial charge in [-0.15, -0.1) is 0 Å². The smallest absolute Gasteiger partial charge is 0.231 e. The van der Waals surface area contributed by atoms with Crippen LogP contribution in [0.15, 0.2) is 35.8 Å². The fraction of sp³-hybridized carbons (Fsp3) is 0.333. The van der Waals surface area contributed by atoms with E-state index in [1.165, 1.54) is 0 Å². The van der Waals surface area contributed by atoms with Crippen LogP contribution in [0.3, 0.4) is 0 Å². The summed E-state index contributed by atoms with van der Waals surface area (Å²) in [5.41, 5.74) is 0. The molecule has 0 unspecified atom stereocenters. The molecule has 1 aliphatic rings. The van der Waals surface area contributed by atoms with E-state index in [9.17, 15) is 0 Å². The van der Waals surface area contributed by atoms with E-state index < -0.39 is 0 Å². The summed E-state index contributed by atoms with van der Waals surface area (Å²) in [6.07, 6.45) is 7.65. The van der Waals surface area contributed by atoms with Crippen LogP contribution < -0.4 is 0 Å². The average Bonchev–Trinajstić information content (AvgIpc) is 2.47. The molecule has 1 heterocycles. The lowest BCUT2D eigenvalue weighted by Gasteiger charge is -1.91. The van der Waals surface area contributed by atoms with Crippen LogP contribution in [-0.4, -0.2) is 6.79 Å². The molecule has 0 aliphatic carbocycles. The third kappa shape index (κ3) is 1.87. The molecule has 0 bridgehead atoms. The monoisotopic (exact) mass is 152 g/mol. The summed E-state index contributed by atoms with van der Waals surface area (Å²) in [5.74, 6) is 1.63. The molecule has 0 amide bonds. The van der Waals surface area contributed by atoms with Crippen LogP contribution >= 0.6 is 0 Å². The van der Waals surface area contributed by atoms with Gasteiger partial charge in [-0.25, -0.2) is 0 Å². The first-order valence-corrected chi connectivity index (χ1v) is 3.63. The summed E-state index contributed by atoms with van der Waals surface area (Å²) in [6, 6.07) is 0. The highest BCUT2D eigenvalue weighted by atomic mass is 16.7. The molecule has 1 aliphatic heterocycles. The van der Waals surface area contributed by atoms with E-state index in [0.29, 0.717) is 6.79 Å². The molecule has 0 aromatic carbocycles. The second kappa shape index (κ2) is 3.86. The molecule has 0 spiro atoms. The zero-order valence-electron chi connectivity index (χ0n) is 6.83. The van der Waals surface area contributed by atoms with E-state index >= 15 is 0 Å². The van der Waals surface area contributed by atoms with Gasteiger partial charge in [-0.1, -0.05) is 12.2 Å². The second-order valence-electron chi connectivity index (χ2n) is 2.12. The Bertz CT molecular complexity index is 212. The van der Waals surface area contributed by atoms with Crippen molar-refractivity contribution in [3.05, 3.63) is 35.8 Å². The molecule has 0 aromatic rings. The van der Waals surface area contributed by atoms with Crippen molar-refractivity contribution in [3.8, 4) is 0 Å². The summed E-state index contributed by atoms with van der Waals surface area (Å²) in [4.78, 5) is 0. The second-order valence-corrected chi connectivity index (χ2v) is 2.12. The Kier molecular flexibility index (Phi) is 2.78. The van der Waals surface area contributed by atoms with Crippen molar-refractivity contribution in [1.82, 2.24) is 0 Å². The van der Waals surface area contributed by atoms with Gasteiger partial charge in [-0.2, -0.15) is 0 Å². The van der Waals surface area contributed by atoms with Crippen molar-refractivity contribution >= 4 is 0 Å². The maximum Gasteiger partial charge on any atom is 0.231 e. The summed E-state index contributed by atoms with van der Waals surface area (Å²) in [5, 5.41) is 0. The molecule has 2 heteroatoms. The molecule has 0 N–H and O–H groups in total. The predicted molar refractivity (Wildman–Crippen MR) is 43.7 cm³/mol. The summed E-state index contributed by atoms with van der Waals surface area (Å²) in [7, 11) is 0. The fourth-order valence-electron chi connectivity index (χ4n) is 0.838. The fourth-order valence-corrected chi connectivity index (χ4v) is 0.838. The Morgan fingerprint density at radius 3 is 2.55 bits per heavy atom. The van der Waals surface area contributed by atoms with Crippen molar-refractivity contribution in [1.29, 1.82) is 0 Å². The molecule has 0 aromatic heterocycles. The average molecular weight is 152 g/mol. The van der Waals surface area contributed by atoms with Crippen LogP contribution in [0.5, 0.6) is 0 Å². The van der Waals surface area contributed by atoms with E-state index in [0.717, 1.165) is 11.5 Å². The van der Waals surface area contributed by atoms with Gasteiger partial charge in [0, 0.05) is 0 Å². The highest BCUT2D eigenvalue weighted by molar-refractivity contribution is 5.25. The molecular formula is C9H12O2. The number of allylic oxidation sites excluding steroid dienone is 4. The molecule has 1 rings (SSSR count). The van der Waals surface area contributed by atoms with Gasteiger partial charge in [0.1, 0.15) is 0 Å². The van der Waals surface area contributed by atoms with Crippen LogP contribution in [0, 0.1) is 0 Å². The largest absolute Gasteiger partial charge is 0.454 e. The van der Waals surface area contributed by atoms with Crippen LogP contribution in [0.1, 0.15) is 13.8 Å². The van der Waals surface area contributed by atoms with Gasteiger partial charge >= 0.3 is 0 Å². The number of ether oxygens (including phenoxy) is 2. The van der Waals surface area contributed by atoms with Gasteiger partial charge in [0.25, 0.3) is 0 Å². The van der Waals surface area contributed by atoms with Crippen molar-refractivity contribution in [2.45, 2.75) is 13.8 Å². The topological polar surface area (TPSA) is 18.5 Å². The molecule has 2 nitrogen and oxygen atoms in total. The van der Waals surface area contributed by atoms with Crippen LogP contribution in [0.4, 0.5) is 0 Å². The number of hydrogen-bond acceptors (Lipinski definition) is 2. The molecule has 0 atom stereocenters. The van der Waals surface area contributed by atoms with Crippen LogP contribution in [0.2, 0.25) is 0 Å². The minimum atomic E-state index is 0.336. The van der Waals surface area contributed by atoms with Crippen molar-refractivity contribution < 1.29 is 9.47 Å². The first-order valence-electron chi connectivity index (χ1n) is 3.63. The van der Waals surface area contributed by atoms with Gasteiger partial charge in [-0.05, 0) is 26.0 Å². The lowest BCUT2D eigenvalue weighted by atomic mass is 10.3. The molecule has 60 valence electrons. The SMILES string of the molecule is C/C=C/C=C1/OCO/C1=C/C. The lowest BCUT2D eigenvalue weighted by Crippen LogP contribution is -1.79. The summed E-state index contributed by atoms with van der Waals surface area (Å²) >= 11 is 0. The van der Waals surface area contributed by atoms with Gasteiger partial charge in [-0.3, -0.25) is 0 Å². The minimum absolute atomic E-state index is 0.336. The Hall–Kier alpha value is -1.18. The van der Waals surface area contributed by atoms with E-state index in [2.05, 4.69) is 0 Å². The Morgan fingerprint density at radius 2 is 1.91 bits per heavy atom. The Morgan fingerprint density at radius 1 is 1.18 bits per heavy atom. The van der Waals surface area contributed by atoms with Gasteiger partial charge in [0.05, 0.1) is 0 Å². The molecule has 1 fully saturated rings. The van der Waals surface area contributed by atoms with Crippen molar-refractivity contribution in [3.63, 3.8) is 0 Å². The number of rotatable bonds is 1. The third-order valence-corrected chi connectivity index (χ3v) is 1.37. The highest BCUT2D eigenvalue weighted by Crippen LogP contribution is 2.20. The Balaban J connectivity index is 2.71. The molecule has 0 saturated carbocycles. The zero-order valence-corrected chi connectivity index (χ0v) is 6.83. The van der Waals surface area contributed by atoms with Gasteiger partial charge in [0.2, 0.25) is 6.79 Å². The van der Waals surface area contributed by atoms with Gasteiger partial charge < -0.3 is 9.47 Å². The van der Waals surface area contributed by atoms with Crippen molar-refractivity contribution in [2.75, 3.05) is 6.79 Å². The normalized spacial score (nSPS) is 24.5. The minimum Gasteiger partial charge on any atom is -0.454 e. The van der Waals surface area contributed by atoms with E-state index in [1.54, 1.807) is 0 Å². The lowest BCUT2D eigenvalue weighted by molar-refractivity contribution is 0.0976. The van der Waals surface area contributed by atoms with Crippen molar-refractivity contribution in [2.24, 2.45) is 0 Å². The van der Waals surface area contributed by atoms with E-state index in [4.69, 9.17) is 9.47 Å². The summed E-state index contributed by atoms with van der Waals surface area (Å²) < 4.78 is 10.3. The molecule has 11 heavy (non-hydrogen) atoms. The summed E-state index contributed by atoms with van der Waals surface area (Å²) in [6.45, 7) is 4.22. The highest BCUT2D eigenvalue weighted by Gasteiger charge is 2.13. The molecular weight excluding hydrogens is 140 g/mol. The standard InChI is InChI=1S/C9H12O2/c1-3-5-6-9-8(4-2)10-7-11-9/h3-6H,7H2,1-2H3/b5-3+,8-4+,9-6+. The first-order chi connectivity index (χ1) is 5.38. The quantitative estimate of drug-likeness (QED) is 0.574. The Labute approximate surface area is 66.8 Å². The molecule has 1 saturated heterocycles. The number of hydrogen-bond donors (Lipinski definition) is 0.